The van der Waals surface area contributed by atoms with Crippen LogP contribution in [0, 0.1) is 29.6 Å². The van der Waals surface area contributed by atoms with Gasteiger partial charge in [0.25, 0.3) is 0 Å². The maximum atomic E-state index is 11.1. The minimum absolute atomic E-state index is 0.225. The standard InChI is InChI=1S/C16H24O4/c1-2-18-15-13(8-17)19-16(20-15)14-11-4-9-3-10(6-11)7-12(14)5-9/h8-16H,2-7H2,1H3. The molecule has 0 spiro atoms. The molecule has 1 aliphatic heterocycles. The number of hydrogen-bond acceptors (Lipinski definition) is 4. The molecule has 0 aromatic heterocycles. The Labute approximate surface area is 120 Å². The quantitative estimate of drug-likeness (QED) is 0.742. The van der Waals surface area contributed by atoms with E-state index in [4.69, 9.17) is 14.2 Å². The molecule has 0 aromatic carbocycles. The molecule has 0 N–H and O–H groups in total. The topological polar surface area (TPSA) is 44.8 Å². The minimum atomic E-state index is -0.544. The molecule has 1 saturated heterocycles. The molecular formula is C16H24O4. The summed E-state index contributed by atoms with van der Waals surface area (Å²) in [5, 5.41) is 0. The zero-order valence-corrected chi connectivity index (χ0v) is 12.1. The molecule has 3 unspecified atom stereocenters. The van der Waals surface area contributed by atoms with Crippen molar-refractivity contribution in [3.05, 3.63) is 0 Å². The average molecular weight is 280 g/mol. The molecule has 0 amide bonds. The van der Waals surface area contributed by atoms with Gasteiger partial charge in [-0.1, -0.05) is 0 Å². The van der Waals surface area contributed by atoms with Crippen molar-refractivity contribution < 1.29 is 19.0 Å². The van der Waals surface area contributed by atoms with E-state index in [1.54, 1.807) is 0 Å². The van der Waals surface area contributed by atoms with Crippen LogP contribution in [-0.2, 0) is 19.0 Å². The summed E-state index contributed by atoms with van der Waals surface area (Å²) in [5.74, 6) is 3.85. The van der Waals surface area contributed by atoms with Gasteiger partial charge in [0.1, 0.15) is 0 Å². The van der Waals surface area contributed by atoms with E-state index in [1.165, 1.54) is 32.1 Å². The monoisotopic (exact) mass is 280 g/mol. The van der Waals surface area contributed by atoms with Crippen molar-refractivity contribution in [1.82, 2.24) is 0 Å². The summed E-state index contributed by atoms with van der Waals surface area (Å²) >= 11 is 0. The smallest absolute Gasteiger partial charge is 0.193 e. The molecule has 0 aromatic rings. The summed E-state index contributed by atoms with van der Waals surface area (Å²) in [6, 6.07) is 0. The summed E-state index contributed by atoms with van der Waals surface area (Å²) in [5.41, 5.74) is 0. The lowest BCUT2D eigenvalue weighted by Gasteiger charge is -2.55. The summed E-state index contributed by atoms with van der Waals surface area (Å²) in [7, 11) is 0. The fraction of sp³-hybridized carbons (Fsp3) is 0.938. The molecule has 3 atom stereocenters. The van der Waals surface area contributed by atoms with Crippen molar-refractivity contribution >= 4 is 6.29 Å². The van der Waals surface area contributed by atoms with E-state index in [0.717, 1.165) is 30.0 Å². The van der Waals surface area contributed by atoms with Crippen LogP contribution in [0.3, 0.4) is 0 Å². The lowest BCUT2D eigenvalue weighted by molar-refractivity contribution is -0.203. The molecule has 4 nitrogen and oxygen atoms in total. The summed E-state index contributed by atoms with van der Waals surface area (Å²) in [6.45, 7) is 2.47. The van der Waals surface area contributed by atoms with Crippen LogP contribution in [0.5, 0.6) is 0 Å². The van der Waals surface area contributed by atoms with Crippen molar-refractivity contribution in [2.45, 2.75) is 57.7 Å². The number of carbonyl (C=O) groups is 1. The lowest BCUT2D eigenvalue weighted by atomic mass is 9.51. The number of aldehydes is 1. The molecule has 5 rings (SSSR count). The zero-order chi connectivity index (χ0) is 13.7. The summed E-state index contributed by atoms with van der Waals surface area (Å²) in [4.78, 5) is 11.1. The van der Waals surface area contributed by atoms with Crippen LogP contribution in [0.4, 0.5) is 0 Å². The van der Waals surface area contributed by atoms with E-state index in [0.29, 0.717) is 12.5 Å². The summed E-state index contributed by atoms with van der Waals surface area (Å²) in [6.07, 6.45) is 6.37. The first kappa shape index (κ1) is 13.2. The van der Waals surface area contributed by atoms with Crippen LogP contribution in [0.25, 0.3) is 0 Å². The van der Waals surface area contributed by atoms with Crippen molar-refractivity contribution in [1.29, 1.82) is 0 Å². The first-order valence-corrected chi connectivity index (χ1v) is 8.16. The van der Waals surface area contributed by atoms with E-state index in [9.17, 15) is 4.79 Å². The molecule has 0 radical (unpaired) electrons. The molecule has 4 saturated carbocycles. The van der Waals surface area contributed by atoms with E-state index in [2.05, 4.69) is 0 Å². The highest BCUT2D eigenvalue weighted by Gasteiger charge is 2.54. The van der Waals surface area contributed by atoms with Gasteiger partial charge in [-0.25, -0.2) is 0 Å². The number of ether oxygens (including phenoxy) is 3. The molecular weight excluding hydrogens is 256 g/mol. The first-order chi connectivity index (χ1) is 9.78. The molecule has 20 heavy (non-hydrogen) atoms. The van der Waals surface area contributed by atoms with Gasteiger partial charge in [0.2, 0.25) is 0 Å². The van der Waals surface area contributed by atoms with Crippen LogP contribution >= 0.6 is 0 Å². The first-order valence-electron chi connectivity index (χ1n) is 8.16. The Hall–Kier alpha value is -0.450. The van der Waals surface area contributed by atoms with Gasteiger partial charge in [-0.3, -0.25) is 0 Å². The maximum Gasteiger partial charge on any atom is 0.193 e. The average Bonchev–Trinajstić information content (AvgIpc) is 2.81. The highest BCUT2D eigenvalue weighted by molar-refractivity contribution is 5.57. The Bertz CT molecular complexity index is 355. The summed E-state index contributed by atoms with van der Waals surface area (Å²) < 4.78 is 17.3. The predicted octanol–water partition coefficient (Wildman–Crippen LogP) is 2.36. The zero-order valence-electron chi connectivity index (χ0n) is 12.1. The van der Waals surface area contributed by atoms with Crippen molar-refractivity contribution in [3.8, 4) is 0 Å². The van der Waals surface area contributed by atoms with Gasteiger partial charge >= 0.3 is 0 Å². The number of hydrogen-bond donors (Lipinski definition) is 0. The van der Waals surface area contributed by atoms with Gasteiger partial charge < -0.3 is 19.0 Å². The van der Waals surface area contributed by atoms with Crippen LogP contribution < -0.4 is 0 Å². The lowest BCUT2D eigenvalue weighted by Crippen LogP contribution is -2.49. The van der Waals surface area contributed by atoms with Gasteiger partial charge in [0.15, 0.2) is 25.0 Å². The molecule has 1 heterocycles. The third-order valence-corrected chi connectivity index (χ3v) is 5.91. The second-order valence-electron chi connectivity index (χ2n) is 7.07. The number of rotatable bonds is 4. The van der Waals surface area contributed by atoms with Gasteiger partial charge in [0.05, 0.1) is 0 Å². The SMILES string of the molecule is CCOC1OC(C2C3CC4CC(C3)CC2C4)OC1C=O. The molecule has 5 fully saturated rings. The second kappa shape index (κ2) is 5.08. The fourth-order valence-corrected chi connectivity index (χ4v) is 5.45. The van der Waals surface area contributed by atoms with Crippen LogP contribution in [0.2, 0.25) is 0 Å². The van der Waals surface area contributed by atoms with Gasteiger partial charge in [-0.05, 0) is 62.7 Å². The normalized spacial score (nSPS) is 53.5. The van der Waals surface area contributed by atoms with Crippen LogP contribution in [0.15, 0.2) is 0 Å². The Kier molecular flexibility index (Phi) is 3.36. The third kappa shape index (κ3) is 2.04. The highest BCUT2D eigenvalue weighted by Crippen LogP contribution is 2.58. The van der Waals surface area contributed by atoms with Crippen molar-refractivity contribution in [3.63, 3.8) is 0 Å². The molecule has 5 aliphatic rings. The number of carbonyl (C=O) groups excluding carboxylic acids is 1. The Morgan fingerprint density at radius 2 is 1.70 bits per heavy atom. The molecule has 112 valence electrons. The highest BCUT2D eigenvalue weighted by atomic mass is 16.8. The van der Waals surface area contributed by atoms with E-state index in [-0.39, 0.29) is 6.29 Å². The van der Waals surface area contributed by atoms with Crippen molar-refractivity contribution in [2.75, 3.05) is 6.61 Å². The van der Waals surface area contributed by atoms with Gasteiger partial charge in [-0.15, -0.1) is 0 Å². The Morgan fingerprint density at radius 3 is 2.25 bits per heavy atom. The van der Waals surface area contributed by atoms with Crippen LogP contribution in [-0.4, -0.2) is 31.6 Å². The van der Waals surface area contributed by atoms with Crippen LogP contribution in [0.1, 0.15) is 39.0 Å². The Morgan fingerprint density at radius 1 is 1.05 bits per heavy atom. The molecule has 4 aliphatic carbocycles. The molecule has 4 heteroatoms. The predicted molar refractivity (Wildman–Crippen MR) is 71.8 cm³/mol. The van der Waals surface area contributed by atoms with E-state index in [1.807, 2.05) is 6.92 Å². The Balaban J connectivity index is 1.49. The largest absolute Gasteiger partial charge is 0.350 e. The minimum Gasteiger partial charge on any atom is -0.350 e. The second-order valence-corrected chi connectivity index (χ2v) is 7.07. The van der Waals surface area contributed by atoms with Gasteiger partial charge in [-0.2, -0.15) is 0 Å². The third-order valence-electron chi connectivity index (χ3n) is 5.91. The van der Waals surface area contributed by atoms with E-state index < -0.39 is 12.4 Å². The van der Waals surface area contributed by atoms with E-state index >= 15 is 0 Å². The fourth-order valence-electron chi connectivity index (χ4n) is 5.45. The molecule has 4 bridgehead atoms. The van der Waals surface area contributed by atoms with Crippen molar-refractivity contribution in [2.24, 2.45) is 29.6 Å². The van der Waals surface area contributed by atoms with Gasteiger partial charge in [0, 0.05) is 12.5 Å². The maximum absolute atomic E-state index is 11.1.